The highest BCUT2D eigenvalue weighted by Crippen LogP contribution is 2.63. The molecule has 1 aliphatic rings. The van der Waals surface area contributed by atoms with Crippen LogP contribution in [0, 0.1) is 5.41 Å². The molecule has 0 aliphatic carbocycles. The van der Waals surface area contributed by atoms with Crippen LogP contribution in [0.2, 0.25) is 0 Å². The lowest BCUT2D eigenvalue weighted by atomic mass is 9.98. The van der Waals surface area contributed by atoms with Gasteiger partial charge in [0.25, 0.3) is 0 Å². The van der Waals surface area contributed by atoms with Crippen molar-refractivity contribution in [3.63, 3.8) is 0 Å². The van der Waals surface area contributed by atoms with E-state index in [0.29, 0.717) is 6.61 Å². The second-order valence-corrected chi connectivity index (χ2v) is 13.2. The molecular formula is C16H25O3PS3. The van der Waals surface area contributed by atoms with Gasteiger partial charge in [-0.3, -0.25) is 0 Å². The Kier molecular flexibility index (Phi) is 6.33. The minimum atomic E-state index is -3.27. The van der Waals surface area contributed by atoms with Gasteiger partial charge < -0.3 is 13.9 Å². The molecule has 7 heteroatoms. The first kappa shape index (κ1) is 19.8. The third-order valence-electron chi connectivity index (χ3n) is 3.36. The van der Waals surface area contributed by atoms with Crippen molar-refractivity contribution in [3.05, 3.63) is 35.9 Å². The summed E-state index contributed by atoms with van der Waals surface area (Å²) >= 11 is 5.26. The molecule has 0 bridgehead atoms. The fourth-order valence-electron chi connectivity index (χ4n) is 2.14. The molecule has 3 nitrogen and oxygen atoms in total. The Bertz CT molecular complexity index is 572. The highest BCUT2D eigenvalue weighted by Gasteiger charge is 2.48. The minimum Gasteiger partial charge on any atom is -0.324 e. The van der Waals surface area contributed by atoms with Crippen LogP contribution in [0.1, 0.15) is 45.4 Å². The Balaban J connectivity index is 2.15. The number of benzene rings is 1. The quantitative estimate of drug-likeness (QED) is 0.522. The summed E-state index contributed by atoms with van der Waals surface area (Å²) in [5, 5.41) is 0.129. The molecule has 2 rings (SSSR count). The first-order valence-electron chi connectivity index (χ1n) is 7.55. The summed E-state index contributed by atoms with van der Waals surface area (Å²) in [6, 6.07) is 10.2. The zero-order valence-corrected chi connectivity index (χ0v) is 17.5. The van der Waals surface area contributed by atoms with Gasteiger partial charge in [-0.25, -0.2) is 0 Å². The standard InChI is InChI=1S/C16H25O3PS3/c1-15(2,3)11-18-20(17,21)19-14-13(22-23-16(14,4)5)12-9-7-6-8-10-12/h6-10,13-14H,11H2,1-5H3,(H,17,21)/t13-,14+,20?/m1/s1. The van der Waals surface area contributed by atoms with Crippen molar-refractivity contribution in [1.82, 2.24) is 0 Å². The summed E-state index contributed by atoms with van der Waals surface area (Å²) < 4.78 is 11.4. The summed E-state index contributed by atoms with van der Waals surface area (Å²) in [5.41, 5.74) is 1.12. The van der Waals surface area contributed by atoms with E-state index < -0.39 is 6.72 Å². The summed E-state index contributed by atoms with van der Waals surface area (Å²) in [7, 11) is 3.54. The predicted molar refractivity (Wildman–Crippen MR) is 105 cm³/mol. The Morgan fingerprint density at radius 2 is 1.87 bits per heavy atom. The van der Waals surface area contributed by atoms with Crippen LogP contribution >= 0.6 is 28.3 Å². The SMILES string of the molecule is CC(C)(C)COP(O)(=S)O[C@H]1[C@@H](c2ccccc2)SSC1(C)C. The fraction of sp³-hybridized carbons (Fsp3) is 0.625. The van der Waals surface area contributed by atoms with E-state index in [1.54, 1.807) is 21.6 Å². The van der Waals surface area contributed by atoms with Crippen LogP contribution in [0.25, 0.3) is 0 Å². The average molecular weight is 393 g/mol. The smallest absolute Gasteiger partial charge is 0.324 e. The normalized spacial score (nSPS) is 26.9. The Hall–Kier alpha value is 0.450. The van der Waals surface area contributed by atoms with Crippen LogP contribution in [0.3, 0.4) is 0 Å². The molecule has 0 radical (unpaired) electrons. The molecule has 23 heavy (non-hydrogen) atoms. The van der Waals surface area contributed by atoms with Gasteiger partial charge >= 0.3 is 6.72 Å². The summed E-state index contributed by atoms with van der Waals surface area (Å²) in [5.74, 6) is 0. The van der Waals surface area contributed by atoms with Gasteiger partial charge in [-0.15, -0.1) is 0 Å². The topological polar surface area (TPSA) is 38.7 Å². The van der Waals surface area contributed by atoms with E-state index in [1.165, 1.54) is 5.56 Å². The van der Waals surface area contributed by atoms with E-state index in [-0.39, 0.29) is 21.5 Å². The lowest BCUT2D eigenvalue weighted by molar-refractivity contribution is 0.0992. The first-order chi connectivity index (χ1) is 10.5. The molecule has 1 heterocycles. The molecule has 0 aromatic heterocycles. The van der Waals surface area contributed by atoms with Gasteiger partial charge in [-0.1, -0.05) is 72.7 Å². The summed E-state index contributed by atoms with van der Waals surface area (Å²) in [6.45, 7) is 7.48. The molecule has 0 spiro atoms. The second kappa shape index (κ2) is 7.36. The van der Waals surface area contributed by atoms with E-state index in [1.807, 2.05) is 39.0 Å². The number of rotatable bonds is 5. The van der Waals surface area contributed by atoms with Gasteiger partial charge in [-0.2, -0.15) is 0 Å². The molecule has 0 amide bonds. The van der Waals surface area contributed by atoms with Gasteiger partial charge in [0.05, 0.1) is 18.0 Å². The van der Waals surface area contributed by atoms with Crippen molar-refractivity contribution in [2.45, 2.75) is 50.7 Å². The predicted octanol–water partition coefficient (Wildman–Crippen LogP) is 5.57. The Labute approximate surface area is 152 Å². The van der Waals surface area contributed by atoms with E-state index in [2.05, 4.69) is 26.0 Å². The lowest BCUT2D eigenvalue weighted by Crippen LogP contribution is -2.34. The molecule has 1 N–H and O–H groups in total. The monoisotopic (exact) mass is 392 g/mol. The molecule has 1 fully saturated rings. The van der Waals surface area contributed by atoms with Gasteiger partial charge in [-0.05, 0) is 36.6 Å². The number of hydrogen-bond acceptors (Lipinski definition) is 5. The van der Waals surface area contributed by atoms with E-state index >= 15 is 0 Å². The molecule has 1 aromatic rings. The van der Waals surface area contributed by atoms with Crippen molar-refractivity contribution in [2.24, 2.45) is 5.41 Å². The van der Waals surface area contributed by atoms with Gasteiger partial charge in [0.1, 0.15) is 0 Å². The van der Waals surface area contributed by atoms with Crippen LogP contribution in [-0.2, 0) is 20.9 Å². The summed E-state index contributed by atoms with van der Waals surface area (Å²) in [4.78, 5) is 10.5. The molecule has 0 saturated carbocycles. The van der Waals surface area contributed by atoms with Crippen molar-refractivity contribution in [2.75, 3.05) is 6.61 Å². The van der Waals surface area contributed by atoms with Crippen molar-refractivity contribution >= 4 is 40.1 Å². The lowest BCUT2D eigenvalue weighted by Gasteiger charge is -2.32. The fourth-order valence-corrected chi connectivity index (χ4v) is 7.47. The third-order valence-corrected chi connectivity index (χ3v) is 8.57. The second-order valence-electron chi connectivity index (χ2n) is 7.44. The minimum absolute atomic E-state index is 0.0658. The van der Waals surface area contributed by atoms with Crippen LogP contribution in [0.15, 0.2) is 30.3 Å². The van der Waals surface area contributed by atoms with E-state index in [0.717, 1.165) is 0 Å². The van der Waals surface area contributed by atoms with Crippen LogP contribution in [0.4, 0.5) is 0 Å². The van der Waals surface area contributed by atoms with E-state index in [4.69, 9.17) is 20.9 Å². The van der Waals surface area contributed by atoms with Gasteiger partial charge in [0.2, 0.25) is 0 Å². The first-order valence-corrected chi connectivity index (χ1v) is 12.4. The molecule has 1 saturated heterocycles. The van der Waals surface area contributed by atoms with Crippen molar-refractivity contribution in [1.29, 1.82) is 0 Å². The van der Waals surface area contributed by atoms with E-state index in [9.17, 15) is 4.89 Å². The molecule has 1 aliphatic heterocycles. The van der Waals surface area contributed by atoms with Crippen LogP contribution in [0.5, 0.6) is 0 Å². The maximum Gasteiger partial charge on any atom is 0.324 e. The van der Waals surface area contributed by atoms with Crippen LogP contribution < -0.4 is 0 Å². The number of hydrogen-bond donors (Lipinski definition) is 1. The highest BCUT2D eigenvalue weighted by molar-refractivity contribution is 8.77. The molecular weight excluding hydrogens is 367 g/mol. The van der Waals surface area contributed by atoms with Gasteiger partial charge in [0, 0.05) is 4.75 Å². The van der Waals surface area contributed by atoms with Gasteiger partial charge in [0.15, 0.2) is 0 Å². The third kappa shape index (κ3) is 5.74. The Morgan fingerprint density at radius 1 is 1.26 bits per heavy atom. The molecule has 1 aromatic carbocycles. The average Bonchev–Trinajstić information content (AvgIpc) is 2.72. The van der Waals surface area contributed by atoms with Crippen LogP contribution in [-0.4, -0.2) is 22.4 Å². The maximum atomic E-state index is 10.5. The zero-order chi connectivity index (χ0) is 17.3. The van der Waals surface area contributed by atoms with Crippen molar-refractivity contribution < 1.29 is 13.9 Å². The molecule has 130 valence electrons. The highest BCUT2D eigenvalue weighted by atomic mass is 33.1. The maximum absolute atomic E-state index is 10.5. The molecule has 3 atom stereocenters. The Morgan fingerprint density at radius 3 is 2.43 bits per heavy atom. The molecule has 1 unspecified atom stereocenters. The largest absolute Gasteiger partial charge is 0.324 e. The van der Waals surface area contributed by atoms with Crippen molar-refractivity contribution in [3.8, 4) is 0 Å². The summed E-state index contributed by atoms with van der Waals surface area (Å²) in [6.07, 6.45) is -0.198. The zero-order valence-electron chi connectivity index (χ0n) is 14.2.